The normalized spacial score (nSPS) is 11.0. The van der Waals surface area contributed by atoms with E-state index in [1.807, 2.05) is 23.7 Å². The molecule has 0 bridgehead atoms. The van der Waals surface area contributed by atoms with E-state index in [2.05, 4.69) is 15.3 Å². The predicted octanol–water partition coefficient (Wildman–Crippen LogP) is 2.18. The molecule has 0 aliphatic carbocycles. The van der Waals surface area contributed by atoms with Crippen molar-refractivity contribution in [3.05, 3.63) is 53.7 Å². The molecular weight excluding hydrogens is 269 g/mol. The van der Waals surface area contributed by atoms with Crippen LogP contribution in [0.3, 0.4) is 0 Å². The van der Waals surface area contributed by atoms with Gasteiger partial charge in [0.2, 0.25) is 0 Å². The first-order chi connectivity index (χ1) is 10.2. The molecule has 2 heterocycles. The molecule has 2 aromatic heterocycles. The maximum Gasteiger partial charge on any atom is 0.154 e. The molecule has 3 rings (SSSR count). The molecule has 0 aliphatic heterocycles. The van der Waals surface area contributed by atoms with Crippen LogP contribution in [0.25, 0.3) is 11.0 Å². The molecule has 1 aromatic carbocycles. The van der Waals surface area contributed by atoms with Crippen molar-refractivity contribution in [1.82, 2.24) is 14.5 Å². The molecule has 3 aromatic rings. The fourth-order valence-electron chi connectivity index (χ4n) is 2.23. The molecule has 0 fully saturated rings. The summed E-state index contributed by atoms with van der Waals surface area (Å²) < 4.78 is 15.8. The number of hydrogen-bond donors (Lipinski definition) is 2. The van der Waals surface area contributed by atoms with E-state index in [9.17, 15) is 4.39 Å². The van der Waals surface area contributed by atoms with Crippen LogP contribution in [0.4, 0.5) is 10.2 Å². The van der Waals surface area contributed by atoms with Crippen molar-refractivity contribution < 1.29 is 4.39 Å². The number of benzene rings is 1. The third-order valence-electron chi connectivity index (χ3n) is 3.44. The third-order valence-corrected chi connectivity index (χ3v) is 3.44. The number of aromatic nitrogens is 3. The third kappa shape index (κ3) is 2.57. The highest BCUT2D eigenvalue weighted by Crippen LogP contribution is 2.20. The molecule has 0 radical (unpaired) electrons. The number of fused-ring (bicyclic) bond motifs is 1. The number of nitrogens with zero attached hydrogens (tertiary/aromatic N) is 3. The zero-order valence-corrected chi connectivity index (χ0v) is 11.7. The summed E-state index contributed by atoms with van der Waals surface area (Å²) in [4.78, 5) is 8.58. The zero-order chi connectivity index (χ0) is 14.8. The molecule has 6 heteroatoms. The highest BCUT2D eigenvalue weighted by atomic mass is 19.1. The van der Waals surface area contributed by atoms with Crippen molar-refractivity contribution in [2.45, 2.75) is 13.1 Å². The van der Waals surface area contributed by atoms with Crippen molar-refractivity contribution in [1.29, 1.82) is 0 Å². The molecule has 108 valence electrons. The second kappa shape index (κ2) is 5.49. The van der Waals surface area contributed by atoms with E-state index in [4.69, 9.17) is 5.73 Å². The van der Waals surface area contributed by atoms with E-state index in [1.54, 1.807) is 18.6 Å². The number of nitrogens with one attached hydrogen (secondary N) is 1. The van der Waals surface area contributed by atoms with E-state index in [0.717, 1.165) is 16.6 Å². The number of nitrogens with two attached hydrogens (primary N) is 1. The van der Waals surface area contributed by atoms with Gasteiger partial charge in [-0.3, -0.25) is 0 Å². The minimum Gasteiger partial charge on any atom is -0.364 e. The Morgan fingerprint density at radius 1 is 1.29 bits per heavy atom. The van der Waals surface area contributed by atoms with Crippen LogP contribution < -0.4 is 11.1 Å². The topological polar surface area (TPSA) is 68.8 Å². The lowest BCUT2D eigenvalue weighted by Crippen LogP contribution is -2.05. The van der Waals surface area contributed by atoms with Crippen LogP contribution in [0.5, 0.6) is 0 Å². The van der Waals surface area contributed by atoms with Gasteiger partial charge in [-0.15, -0.1) is 0 Å². The second-order valence-corrected chi connectivity index (χ2v) is 4.87. The van der Waals surface area contributed by atoms with Crippen LogP contribution >= 0.6 is 0 Å². The molecule has 0 aliphatic rings. The van der Waals surface area contributed by atoms with Gasteiger partial charge in [0.05, 0.1) is 11.8 Å². The number of imidazole rings is 1. The molecule has 5 nitrogen and oxygen atoms in total. The zero-order valence-electron chi connectivity index (χ0n) is 11.7. The Bertz CT molecular complexity index is 781. The lowest BCUT2D eigenvalue weighted by atomic mass is 10.1. The highest BCUT2D eigenvalue weighted by molar-refractivity contribution is 5.85. The number of anilines is 1. The van der Waals surface area contributed by atoms with Crippen molar-refractivity contribution >= 4 is 16.9 Å². The molecule has 21 heavy (non-hydrogen) atoms. The molecule has 0 unspecified atom stereocenters. The average Bonchev–Trinajstić information content (AvgIpc) is 2.88. The van der Waals surface area contributed by atoms with E-state index >= 15 is 0 Å². The summed E-state index contributed by atoms with van der Waals surface area (Å²) >= 11 is 0. The van der Waals surface area contributed by atoms with Gasteiger partial charge in [-0.2, -0.15) is 0 Å². The van der Waals surface area contributed by atoms with Crippen molar-refractivity contribution in [3.63, 3.8) is 0 Å². The van der Waals surface area contributed by atoms with Gasteiger partial charge in [-0.05, 0) is 17.7 Å². The van der Waals surface area contributed by atoms with Crippen molar-refractivity contribution in [2.75, 3.05) is 5.32 Å². The summed E-state index contributed by atoms with van der Waals surface area (Å²) in [7, 11) is 1.92. The smallest absolute Gasteiger partial charge is 0.154 e. The Hall–Kier alpha value is -2.47. The van der Waals surface area contributed by atoms with Crippen LogP contribution in [0.1, 0.15) is 11.1 Å². The highest BCUT2D eigenvalue weighted by Gasteiger charge is 2.08. The van der Waals surface area contributed by atoms with E-state index < -0.39 is 0 Å². The quantitative estimate of drug-likeness (QED) is 0.771. The Labute approximate surface area is 121 Å². The second-order valence-electron chi connectivity index (χ2n) is 4.87. The Balaban J connectivity index is 1.83. The monoisotopic (exact) mass is 285 g/mol. The molecule has 0 saturated carbocycles. The summed E-state index contributed by atoms with van der Waals surface area (Å²) in [5.74, 6) is 0.383. The largest absolute Gasteiger partial charge is 0.364 e. The molecule has 0 amide bonds. The van der Waals surface area contributed by atoms with E-state index in [-0.39, 0.29) is 5.82 Å². The number of pyridine rings is 1. The van der Waals surface area contributed by atoms with Crippen LogP contribution in [0, 0.1) is 5.82 Å². The molecule has 0 spiro atoms. The summed E-state index contributed by atoms with van der Waals surface area (Å²) in [6.45, 7) is 0.679. The van der Waals surface area contributed by atoms with Gasteiger partial charge in [-0.1, -0.05) is 12.1 Å². The first-order valence-electron chi connectivity index (χ1n) is 6.66. The average molecular weight is 285 g/mol. The number of hydrogen-bond acceptors (Lipinski definition) is 4. The van der Waals surface area contributed by atoms with Crippen LogP contribution in [0.2, 0.25) is 0 Å². The summed E-state index contributed by atoms with van der Waals surface area (Å²) in [5, 5.41) is 3.14. The molecule has 0 saturated heterocycles. The molecule has 0 atom stereocenters. The lowest BCUT2D eigenvalue weighted by Gasteiger charge is -2.08. The maximum absolute atomic E-state index is 13.9. The summed E-state index contributed by atoms with van der Waals surface area (Å²) in [5.41, 5.74) is 8.60. The van der Waals surface area contributed by atoms with Gasteiger partial charge >= 0.3 is 0 Å². The van der Waals surface area contributed by atoms with Crippen molar-refractivity contribution in [3.8, 4) is 0 Å². The Morgan fingerprint density at radius 3 is 2.90 bits per heavy atom. The fraction of sp³-hybridized carbons (Fsp3) is 0.200. The van der Waals surface area contributed by atoms with Gasteiger partial charge in [0, 0.05) is 31.9 Å². The van der Waals surface area contributed by atoms with E-state index in [1.165, 1.54) is 6.07 Å². The predicted molar refractivity (Wildman–Crippen MR) is 80.1 cm³/mol. The molecule has 3 N–H and O–H groups in total. The maximum atomic E-state index is 13.9. The SMILES string of the molecule is Cn1cnc2c(NCc3ccc(CN)cc3F)nccc21. The van der Waals surface area contributed by atoms with Gasteiger partial charge < -0.3 is 15.6 Å². The van der Waals surface area contributed by atoms with E-state index in [0.29, 0.717) is 24.5 Å². The van der Waals surface area contributed by atoms with Crippen molar-refractivity contribution in [2.24, 2.45) is 12.8 Å². The Kier molecular flexibility index (Phi) is 3.53. The van der Waals surface area contributed by atoms with Gasteiger partial charge in [-0.25, -0.2) is 14.4 Å². The number of aryl methyl sites for hydroxylation is 1. The van der Waals surface area contributed by atoms with Crippen LogP contribution in [0.15, 0.2) is 36.8 Å². The molecular formula is C15H16FN5. The first kappa shape index (κ1) is 13.5. The van der Waals surface area contributed by atoms with Crippen LogP contribution in [-0.2, 0) is 20.1 Å². The standard InChI is InChI=1S/C15H16FN5/c1-21-9-20-14-13(21)4-5-18-15(14)19-8-11-3-2-10(7-17)6-12(11)16/h2-6,9H,7-8,17H2,1H3,(H,18,19). The fourth-order valence-corrected chi connectivity index (χ4v) is 2.23. The Morgan fingerprint density at radius 2 is 2.14 bits per heavy atom. The minimum absolute atomic E-state index is 0.265. The van der Waals surface area contributed by atoms with Gasteiger partial charge in [0.15, 0.2) is 5.82 Å². The lowest BCUT2D eigenvalue weighted by molar-refractivity contribution is 0.610. The first-order valence-corrected chi connectivity index (χ1v) is 6.66. The van der Waals surface area contributed by atoms with Gasteiger partial charge in [0.25, 0.3) is 0 Å². The summed E-state index contributed by atoms with van der Waals surface area (Å²) in [6.07, 6.45) is 3.44. The van der Waals surface area contributed by atoms with Crippen LogP contribution in [-0.4, -0.2) is 14.5 Å². The number of halogens is 1. The van der Waals surface area contributed by atoms with Gasteiger partial charge in [0.1, 0.15) is 11.3 Å². The number of rotatable bonds is 4. The summed E-state index contributed by atoms with van der Waals surface area (Å²) in [6, 6.07) is 6.92. The minimum atomic E-state index is -0.265.